The summed E-state index contributed by atoms with van der Waals surface area (Å²) in [6.45, 7) is 4.13. The van der Waals surface area contributed by atoms with Crippen LogP contribution in [0.4, 0.5) is 5.69 Å². The van der Waals surface area contributed by atoms with Crippen molar-refractivity contribution in [3.63, 3.8) is 0 Å². The van der Waals surface area contributed by atoms with E-state index in [0.29, 0.717) is 5.11 Å². The van der Waals surface area contributed by atoms with E-state index in [1.165, 1.54) is 5.56 Å². The fourth-order valence-corrected chi connectivity index (χ4v) is 2.87. The summed E-state index contributed by atoms with van der Waals surface area (Å²) in [6, 6.07) is 16.2. The second-order valence-electron chi connectivity index (χ2n) is 5.57. The van der Waals surface area contributed by atoms with Gasteiger partial charge in [-0.05, 0) is 55.9 Å². The smallest absolute Gasteiger partial charge is 0.190 e. The number of hydrazine groups is 1. The highest BCUT2D eigenvalue weighted by Gasteiger charge is 2.38. The van der Waals surface area contributed by atoms with E-state index in [1.807, 2.05) is 41.4 Å². The summed E-state index contributed by atoms with van der Waals surface area (Å²) in [7, 11) is 1.67. The summed E-state index contributed by atoms with van der Waals surface area (Å²) in [5.41, 5.74) is 6.26. The lowest BCUT2D eigenvalue weighted by Crippen LogP contribution is -2.45. The Morgan fingerprint density at radius 3 is 2.55 bits per heavy atom. The van der Waals surface area contributed by atoms with Gasteiger partial charge in [0, 0.05) is 0 Å². The van der Waals surface area contributed by atoms with E-state index in [2.05, 4.69) is 36.7 Å². The number of aryl methyl sites for hydroxylation is 1. The first-order chi connectivity index (χ1) is 10.5. The van der Waals surface area contributed by atoms with Crippen LogP contribution in [-0.4, -0.2) is 12.2 Å². The zero-order chi connectivity index (χ0) is 15.7. The Morgan fingerprint density at radius 1 is 1.14 bits per heavy atom. The minimum atomic E-state index is -0.476. The summed E-state index contributed by atoms with van der Waals surface area (Å²) in [5.74, 6) is 0.821. The molecule has 1 aliphatic heterocycles. The summed E-state index contributed by atoms with van der Waals surface area (Å²) < 4.78 is 5.31. The van der Waals surface area contributed by atoms with Gasteiger partial charge in [0.1, 0.15) is 11.4 Å². The molecule has 0 spiro atoms. The van der Waals surface area contributed by atoms with Crippen molar-refractivity contribution in [2.45, 2.75) is 19.5 Å². The minimum absolute atomic E-state index is 0.476. The molecule has 1 atom stereocenters. The van der Waals surface area contributed by atoms with Gasteiger partial charge < -0.3 is 10.1 Å². The van der Waals surface area contributed by atoms with Crippen molar-refractivity contribution in [1.29, 1.82) is 0 Å². The number of nitrogens with zero attached hydrogens (tertiary/aromatic N) is 1. The van der Waals surface area contributed by atoms with Gasteiger partial charge in [-0.3, -0.25) is 0 Å². The number of thiocarbonyl (C=S) groups is 1. The van der Waals surface area contributed by atoms with Crippen LogP contribution in [0.3, 0.4) is 0 Å². The highest BCUT2D eigenvalue weighted by molar-refractivity contribution is 7.80. The number of anilines is 1. The molecule has 0 unspecified atom stereocenters. The van der Waals surface area contributed by atoms with Gasteiger partial charge >= 0.3 is 0 Å². The molecule has 4 nitrogen and oxygen atoms in total. The number of benzene rings is 2. The Hall–Kier alpha value is -2.11. The average Bonchev–Trinajstić information content (AvgIpc) is 2.84. The average molecular weight is 313 g/mol. The van der Waals surface area contributed by atoms with Crippen LogP contribution >= 0.6 is 12.2 Å². The maximum atomic E-state index is 5.49. The molecule has 0 amide bonds. The maximum absolute atomic E-state index is 5.49. The first-order valence-electron chi connectivity index (χ1n) is 7.13. The molecule has 114 valence electrons. The molecule has 0 aromatic heterocycles. The maximum Gasteiger partial charge on any atom is 0.190 e. The van der Waals surface area contributed by atoms with E-state index in [4.69, 9.17) is 17.0 Å². The number of ether oxygens (including phenoxy) is 1. The van der Waals surface area contributed by atoms with Crippen LogP contribution in [0, 0.1) is 6.92 Å². The third-order valence-corrected chi connectivity index (χ3v) is 4.12. The summed E-state index contributed by atoms with van der Waals surface area (Å²) in [6.07, 6.45) is 0. The molecule has 1 fully saturated rings. The number of nitrogens with one attached hydrogen (secondary N) is 2. The van der Waals surface area contributed by atoms with Crippen molar-refractivity contribution in [2.75, 3.05) is 12.1 Å². The Morgan fingerprint density at radius 2 is 1.86 bits per heavy atom. The van der Waals surface area contributed by atoms with Crippen LogP contribution in [0.15, 0.2) is 48.5 Å². The van der Waals surface area contributed by atoms with E-state index in [-0.39, 0.29) is 0 Å². The molecular formula is C17H19N3OS. The number of methoxy groups -OCH3 is 1. The highest BCUT2D eigenvalue weighted by atomic mass is 32.1. The summed E-state index contributed by atoms with van der Waals surface area (Å²) in [5, 5.41) is 5.90. The van der Waals surface area contributed by atoms with Gasteiger partial charge in [0.25, 0.3) is 0 Å². The van der Waals surface area contributed by atoms with Gasteiger partial charge in [0.2, 0.25) is 0 Å². The molecule has 0 bridgehead atoms. The van der Waals surface area contributed by atoms with Crippen molar-refractivity contribution in [2.24, 2.45) is 0 Å². The normalized spacial score (nSPS) is 20.9. The molecule has 0 aliphatic carbocycles. The van der Waals surface area contributed by atoms with Gasteiger partial charge in [-0.15, -0.1) is 0 Å². The largest absolute Gasteiger partial charge is 0.497 e. The van der Waals surface area contributed by atoms with Gasteiger partial charge in [0.15, 0.2) is 5.11 Å². The Labute approximate surface area is 136 Å². The Bertz CT molecular complexity index is 701. The van der Waals surface area contributed by atoms with Crippen LogP contribution in [0.1, 0.15) is 18.1 Å². The quantitative estimate of drug-likeness (QED) is 0.852. The number of rotatable bonds is 3. The van der Waals surface area contributed by atoms with Crippen LogP contribution in [-0.2, 0) is 5.66 Å². The van der Waals surface area contributed by atoms with Gasteiger partial charge in [-0.2, -0.15) is 5.43 Å². The predicted octanol–water partition coefficient (Wildman–Crippen LogP) is 3.08. The van der Waals surface area contributed by atoms with Crippen molar-refractivity contribution >= 4 is 23.0 Å². The topological polar surface area (TPSA) is 36.5 Å². The molecule has 2 aromatic carbocycles. The van der Waals surface area contributed by atoms with Gasteiger partial charge in [0.05, 0.1) is 12.8 Å². The van der Waals surface area contributed by atoms with Gasteiger partial charge in [-0.25, -0.2) is 5.01 Å². The van der Waals surface area contributed by atoms with Crippen LogP contribution in [0.5, 0.6) is 5.75 Å². The standard InChI is InChI=1S/C17H19N3OS/c1-12-7-9-14(10-8-12)20-16(22)18-17(2,19-20)13-5-4-6-15(11-13)21-3/h4-11,19H,1-3H3,(H,18,22)/t17-/m1/s1. The lowest BCUT2D eigenvalue weighted by molar-refractivity contribution is 0.381. The molecule has 1 aliphatic rings. The minimum Gasteiger partial charge on any atom is -0.497 e. The molecule has 2 N–H and O–H groups in total. The fraction of sp³-hybridized carbons (Fsp3) is 0.235. The Kier molecular flexibility index (Phi) is 3.76. The molecule has 1 heterocycles. The molecule has 2 aromatic rings. The van der Waals surface area contributed by atoms with Crippen molar-refractivity contribution in [3.8, 4) is 5.75 Å². The predicted molar refractivity (Wildman–Crippen MR) is 92.9 cm³/mol. The molecule has 0 saturated carbocycles. The summed E-state index contributed by atoms with van der Waals surface area (Å²) in [4.78, 5) is 0. The van der Waals surface area contributed by atoms with Crippen molar-refractivity contribution in [3.05, 3.63) is 59.7 Å². The highest BCUT2D eigenvalue weighted by Crippen LogP contribution is 2.28. The summed E-state index contributed by atoms with van der Waals surface area (Å²) >= 11 is 5.49. The van der Waals surface area contributed by atoms with E-state index >= 15 is 0 Å². The second kappa shape index (κ2) is 5.59. The molecule has 1 saturated heterocycles. The van der Waals surface area contributed by atoms with E-state index in [1.54, 1.807) is 7.11 Å². The zero-order valence-corrected chi connectivity index (χ0v) is 13.7. The van der Waals surface area contributed by atoms with Crippen molar-refractivity contribution < 1.29 is 4.74 Å². The fourth-order valence-electron chi connectivity index (χ4n) is 2.52. The monoisotopic (exact) mass is 313 g/mol. The van der Waals surface area contributed by atoms with Gasteiger partial charge in [-0.1, -0.05) is 29.8 Å². The van der Waals surface area contributed by atoms with E-state index < -0.39 is 5.66 Å². The Balaban J connectivity index is 1.90. The first-order valence-corrected chi connectivity index (χ1v) is 7.54. The van der Waals surface area contributed by atoms with Crippen molar-refractivity contribution in [1.82, 2.24) is 10.7 Å². The number of hydrogen-bond acceptors (Lipinski definition) is 3. The third kappa shape index (κ3) is 2.65. The molecular weight excluding hydrogens is 294 g/mol. The second-order valence-corrected chi connectivity index (χ2v) is 5.96. The van der Waals surface area contributed by atoms with Crippen LogP contribution in [0.2, 0.25) is 0 Å². The third-order valence-electron chi connectivity index (χ3n) is 3.83. The zero-order valence-electron chi connectivity index (χ0n) is 12.9. The lowest BCUT2D eigenvalue weighted by atomic mass is 10.0. The number of hydrogen-bond donors (Lipinski definition) is 2. The van der Waals surface area contributed by atoms with Crippen LogP contribution < -0.4 is 20.5 Å². The SMILES string of the molecule is COc1cccc([C@]2(C)NC(=S)N(c3ccc(C)cc3)N2)c1. The lowest BCUT2D eigenvalue weighted by Gasteiger charge is -2.26. The van der Waals surface area contributed by atoms with E-state index in [9.17, 15) is 0 Å². The first kappa shape index (κ1) is 14.8. The molecule has 5 heteroatoms. The molecule has 3 rings (SSSR count). The van der Waals surface area contributed by atoms with Crippen LogP contribution in [0.25, 0.3) is 0 Å². The molecule has 0 radical (unpaired) electrons. The van der Waals surface area contributed by atoms with E-state index in [0.717, 1.165) is 17.0 Å². The molecule has 22 heavy (non-hydrogen) atoms.